The first kappa shape index (κ1) is 26.6. The Balaban J connectivity index is 1.96. The van der Waals surface area contributed by atoms with Crippen LogP contribution in [0.1, 0.15) is 31.4 Å². The Morgan fingerprint density at radius 1 is 1.09 bits per heavy atom. The number of ether oxygens (including phenoxy) is 1. The molecule has 1 aliphatic rings. The van der Waals surface area contributed by atoms with Crippen LogP contribution in [0.3, 0.4) is 0 Å². The fourth-order valence-corrected chi connectivity index (χ4v) is 6.35. The van der Waals surface area contributed by atoms with E-state index in [1.807, 2.05) is 56.3 Å². The molecule has 3 rings (SSSR count). The van der Waals surface area contributed by atoms with Gasteiger partial charge in [0.25, 0.3) is 0 Å². The van der Waals surface area contributed by atoms with E-state index in [0.29, 0.717) is 24.3 Å². The van der Waals surface area contributed by atoms with Crippen LogP contribution in [0, 0.1) is 16.7 Å². The maximum Gasteiger partial charge on any atom is 0.332 e. The van der Waals surface area contributed by atoms with Crippen molar-refractivity contribution in [3.8, 4) is 11.8 Å². The number of hydrogen-bond acceptors (Lipinski definition) is 5. The van der Waals surface area contributed by atoms with Gasteiger partial charge in [0.15, 0.2) is 0 Å². The van der Waals surface area contributed by atoms with E-state index in [9.17, 15) is 13.5 Å². The van der Waals surface area contributed by atoms with Crippen LogP contribution in [-0.2, 0) is 23.2 Å². The van der Waals surface area contributed by atoms with E-state index in [1.165, 1.54) is 6.20 Å². The highest BCUT2D eigenvalue weighted by Gasteiger charge is 2.39. The van der Waals surface area contributed by atoms with E-state index < -0.39 is 18.3 Å². The SMILES string of the molecule is CC(C)(CC#N)Cc1ccc(N2C=C(O)N(CC[Si](C)(C)C)S2(=O)=O)c(OCc2ccccc2)c1. The van der Waals surface area contributed by atoms with Crippen LogP contribution < -0.4 is 9.04 Å². The van der Waals surface area contributed by atoms with Crippen molar-refractivity contribution in [3.63, 3.8) is 0 Å². The number of aliphatic hydroxyl groups is 1. The number of anilines is 1. The third kappa shape index (κ3) is 6.80. The second-order valence-corrected chi connectivity index (χ2v) is 18.3. The van der Waals surface area contributed by atoms with Gasteiger partial charge in [0, 0.05) is 21.0 Å². The number of benzene rings is 2. The summed E-state index contributed by atoms with van der Waals surface area (Å²) in [4.78, 5) is 0. The molecule has 0 fully saturated rings. The molecule has 0 saturated carbocycles. The Morgan fingerprint density at radius 3 is 2.40 bits per heavy atom. The molecule has 0 radical (unpaired) electrons. The minimum absolute atomic E-state index is 0.234. The lowest BCUT2D eigenvalue weighted by Gasteiger charge is -2.26. The first-order chi connectivity index (χ1) is 16.3. The van der Waals surface area contributed by atoms with Crippen molar-refractivity contribution < 1.29 is 18.3 Å². The topological polar surface area (TPSA) is 93.9 Å². The minimum atomic E-state index is -3.99. The zero-order valence-electron chi connectivity index (χ0n) is 21.2. The fourth-order valence-electron chi connectivity index (χ4n) is 3.85. The Kier molecular flexibility index (Phi) is 7.87. The van der Waals surface area contributed by atoms with E-state index in [4.69, 9.17) is 10.00 Å². The maximum atomic E-state index is 13.4. The van der Waals surface area contributed by atoms with E-state index in [0.717, 1.165) is 25.8 Å². The molecule has 0 amide bonds. The lowest BCUT2D eigenvalue weighted by atomic mass is 9.83. The molecule has 7 nitrogen and oxygen atoms in total. The Morgan fingerprint density at radius 2 is 1.77 bits per heavy atom. The standard InChI is InChI=1S/C26H35N3O4SSi/c1-26(2,13-14-27)18-22-11-12-23(24(17-22)33-20-21-9-7-6-8-10-21)29-19-25(30)28(34(29,31)32)15-16-35(3,4)5/h6-12,17,19,30H,13,15-16,18,20H2,1-5H3. The molecule has 0 atom stereocenters. The van der Waals surface area contributed by atoms with E-state index in [1.54, 1.807) is 6.07 Å². The van der Waals surface area contributed by atoms with Gasteiger partial charge in [-0.3, -0.25) is 0 Å². The third-order valence-electron chi connectivity index (χ3n) is 5.82. The van der Waals surface area contributed by atoms with Gasteiger partial charge in [0.05, 0.1) is 12.3 Å². The average Bonchev–Trinajstić information content (AvgIpc) is 2.98. The molecule has 1 N–H and O–H groups in total. The molecule has 2 aromatic rings. The summed E-state index contributed by atoms with van der Waals surface area (Å²) in [5, 5.41) is 19.7. The van der Waals surface area contributed by atoms with Crippen LogP contribution >= 0.6 is 0 Å². The first-order valence-electron chi connectivity index (χ1n) is 11.7. The molecule has 0 saturated heterocycles. The molecule has 0 unspecified atom stereocenters. The van der Waals surface area contributed by atoms with Gasteiger partial charge in [0.1, 0.15) is 18.0 Å². The second kappa shape index (κ2) is 10.3. The zero-order chi connectivity index (χ0) is 25.9. The normalized spacial score (nSPS) is 15.6. The van der Waals surface area contributed by atoms with Crippen molar-refractivity contribution in [2.75, 3.05) is 10.8 Å². The van der Waals surface area contributed by atoms with Gasteiger partial charge in [0.2, 0.25) is 5.88 Å². The van der Waals surface area contributed by atoms with Crippen molar-refractivity contribution in [2.24, 2.45) is 5.41 Å². The van der Waals surface area contributed by atoms with Crippen molar-refractivity contribution >= 4 is 24.0 Å². The van der Waals surface area contributed by atoms with E-state index in [2.05, 4.69) is 25.7 Å². The van der Waals surface area contributed by atoms with E-state index in [-0.39, 0.29) is 24.4 Å². The smallest absolute Gasteiger partial charge is 0.332 e. The quantitative estimate of drug-likeness (QED) is 0.405. The largest absolute Gasteiger partial charge is 0.493 e. The van der Waals surface area contributed by atoms with Gasteiger partial charge >= 0.3 is 10.2 Å². The predicted molar refractivity (Wildman–Crippen MR) is 142 cm³/mol. The minimum Gasteiger partial charge on any atom is -0.493 e. The monoisotopic (exact) mass is 513 g/mol. The number of nitrogens with zero attached hydrogens (tertiary/aromatic N) is 3. The summed E-state index contributed by atoms with van der Waals surface area (Å²) in [6, 6.07) is 18.0. The molecule has 2 aromatic carbocycles. The Bertz CT molecular complexity index is 1220. The molecule has 9 heteroatoms. The number of aliphatic hydroxyl groups excluding tert-OH is 1. The summed E-state index contributed by atoms with van der Waals surface area (Å²) in [6.07, 6.45) is 2.28. The van der Waals surface area contributed by atoms with Crippen LogP contribution in [0.15, 0.2) is 60.6 Å². The lowest BCUT2D eigenvalue weighted by Crippen LogP contribution is -2.37. The van der Waals surface area contributed by atoms with Crippen LogP contribution in [0.5, 0.6) is 5.75 Å². The Hall–Kier alpha value is -2.96. The predicted octanol–water partition coefficient (Wildman–Crippen LogP) is 5.81. The molecular weight excluding hydrogens is 478 g/mol. The molecule has 0 spiro atoms. The van der Waals surface area contributed by atoms with Crippen LogP contribution in [0.2, 0.25) is 25.7 Å². The molecule has 0 aromatic heterocycles. The van der Waals surface area contributed by atoms with Crippen molar-refractivity contribution in [3.05, 3.63) is 71.7 Å². The Labute approximate surface area is 210 Å². The van der Waals surface area contributed by atoms with E-state index >= 15 is 0 Å². The molecule has 1 aliphatic heterocycles. The number of rotatable bonds is 10. The highest BCUT2D eigenvalue weighted by atomic mass is 32.2. The van der Waals surface area contributed by atoms with Gasteiger partial charge in [-0.25, -0.2) is 8.61 Å². The average molecular weight is 514 g/mol. The van der Waals surface area contributed by atoms with Crippen molar-refractivity contribution in [1.82, 2.24) is 4.31 Å². The van der Waals surface area contributed by atoms with Crippen LogP contribution in [0.25, 0.3) is 0 Å². The number of nitriles is 1. The summed E-state index contributed by atoms with van der Waals surface area (Å²) in [7, 11) is -5.52. The first-order valence-corrected chi connectivity index (χ1v) is 16.8. The van der Waals surface area contributed by atoms with Gasteiger partial charge in [-0.15, -0.1) is 0 Å². The van der Waals surface area contributed by atoms with Crippen LogP contribution in [-0.4, -0.2) is 32.4 Å². The highest BCUT2D eigenvalue weighted by molar-refractivity contribution is 7.91. The summed E-state index contributed by atoms with van der Waals surface area (Å²) < 4.78 is 35.1. The summed E-state index contributed by atoms with van der Waals surface area (Å²) in [5.41, 5.74) is 1.99. The number of hydrogen-bond donors (Lipinski definition) is 1. The maximum absolute atomic E-state index is 13.4. The van der Waals surface area contributed by atoms with Gasteiger partial charge in [-0.1, -0.05) is 69.9 Å². The molecule has 35 heavy (non-hydrogen) atoms. The lowest BCUT2D eigenvalue weighted by molar-refractivity contribution is 0.294. The fraction of sp³-hybridized carbons (Fsp3) is 0.423. The molecule has 188 valence electrons. The summed E-state index contributed by atoms with van der Waals surface area (Å²) in [5.74, 6) is 0.107. The molecule has 0 bridgehead atoms. The molecule has 0 aliphatic carbocycles. The summed E-state index contributed by atoms with van der Waals surface area (Å²) >= 11 is 0. The van der Waals surface area contributed by atoms with Gasteiger partial charge in [-0.2, -0.15) is 13.7 Å². The summed E-state index contributed by atoms with van der Waals surface area (Å²) in [6.45, 7) is 11.0. The molecule has 1 heterocycles. The van der Waals surface area contributed by atoms with Gasteiger partial charge < -0.3 is 9.84 Å². The van der Waals surface area contributed by atoms with Crippen LogP contribution in [0.4, 0.5) is 5.69 Å². The second-order valence-electron chi connectivity index (χ2n) is 10.9. The van der Waals surface area contributed by atoms with Gasteiger partial charge in [-0.05, 0) is 41.1 Å². The van der Waals surface area contributed by atoms with Crippen molar-refractivity contribution in [2.45, 2.75) is 59.0 Å². The molecular formula is C26H35N3O4SSi. The third-order valence-corrected chi connectivity index (χ3v) is 9.27. The van der Waals surface area contributed by atoms with Crippen molar-refractivity contribution in [1.29, 1.82) is 5.26 Å². The highest BCUT2D eigenvalue weighted by Crippen LogP contribution is 2.39. The zero-order valence-corrected chi connectivity index (χ0v) is 23.0.